The van der Waals surface area contributed by atoms with E-state index in [1.807, 2.05) is 0 Å². The molecule has 0 fully saturated rings. The zero-order valence-corrected chi connectivity index (χ0v) is 28.5. The maximum Gasteiger partial charge on any atom is -0.00199 e. The summed E-state index contributed by atoms with van der Waals surface area (Å²) >= 11 is 0. The molecule has 0 unspecified atom stereocenters. The van der Waals surface area contributed by atoms with Crippen molar-refractivity contribution in [2.75, 3.05) is 0 Å². The molecular formula is C52H32. The molecule has 0 nitrogen and oxygen atoms in total. The van der Waals surface area contributed by atoms with Crippen LogP contribution in [0.15, 0.2) is 194 Å². The Hall–Kier alpha value is -6.76. The normalized spacial score (nSPS) is 11.8. The molecule has 240 valence electrons. The largest absolute Gasteiger partial charge is 0.0616 e. The van der Waals surface area contributed by atoms with E-state index < -0.39 is 0 Å². The second kappa shape index (κ2) is 11.4. The summed E-state index contributed by atoms with van der Waals surface area (Å²) in [7, 11) is 0. The van der Waals surface area contributed by atoms with Gasteiger partial charge in [-0.2, -0.15) is 0 Å². The van der Waals surface area contributed by atoms with Gasteiger partial charge in [0.25, 0.3) is 0 Å². The summed E-state index contributed by atoms with van der Waals surface area (Å²) in [5.74, 6) is 0. The van der Waals surface area contributed by atoms with Crippen LogP contribution in [0.5, 0.6) is 0 Å². The van der Waals surface area contributed by atoms with Gasteiger partial charge in [0.05, 0.1) is 0 Å². The number of rotatable bonds is 3. The fourth-order valence-electron chi connectivity index (χ4n) is 8.92. The lowest BCUT2D eigenvalue weighted by atomic mass is 9.85. The van der Waals surface area contributed by atoms with Gasteiger partial charge in [-0.25, -0.2) is 0 Å². The monoisotopic (exact) mass is 656 g/mol. The van der Waals surface area contributed by atoms with Crippen molar-refractivity contribution in [2.24, 2.45) is 0 Å². The van der Waals surface area contributed by atoms with Crippen molar-refractivity contribution in [1.82, 2.24) is 0 Å². The third-order valence-corrected chi connectivity index (χ3v) is 11.2. The number of benzene rings is 11. The lowest BCUT2D eigenvalue weighted by Crippen LogP contribution is -1.91. The van der Waals surface area contributed by atoms with Gasteiger partial charge in [-0.1, -0.05) is 182 Å². The van der Waals surface area contributed by atoms with Gasteiger partial charge in [0.2, 0.25) is 0 Å². The summed E-state index contributed by atoms with van der Waals surface area (Å²) in [5, 5.41) is 18.0. The van der Waals surface area contributed by atoms with Crippen molar-refractivity contribution >= 4 is 75.4 Å². The van der Waals surface area contributed by atoms with E-state index in [-0.39, 0.29) is 0 Å². The van der Waals surface area contributed by atoms with Crippen molar-refractivity contribution in [3.05, 3.63) is 194 Å². The molecular weight excluding hydrogens is 625 g/mol. The molecule has 0 radical (unpaired) electrons. The first-order chi connectivity index (χ1) is 25.8. The fraction of sp³-hybridized carbons (Fsp3) is 0. The molecule has 0 spiro atoms. The Morgan fingerprint density at radius 1 is 0.212 bits per heavy atom. The second-order valence-electron chi connectivity index (χ2n) is 14.0. The molecule has 0 N–H and O–H groups in total. The number of hydrogen-bond acceptors (Lipinski definition) is 0. The van der Waals surface area contributed by atoms with Gasteiger partial charge < -0.3 is 0 Å². The summed E-state index contributed by atoms with van der Waals surface area (Å²) in [6.07, 6.45) is 0. The standard InChI is InChI=1S/C52H32/c1-2-14-36-31-37(30-25-33(36)13-1)51-46-23-11-9-21-44(46)50(45-22-10-12-24-47(45)51)35-28-26-34(27-29-35)48-32-49-40-17-4-3-15-38(40)39-16-5-7-19-42(39)52(49)43-20-8-6-18-41(43)48/h1-32H. The van der Waals surface area contributed by atoms with Crippen LogP contribution < -0.4 is 0 Å². The van der Waals surface area contributed by atoms with Gasteiger partial charge in [-0.15, -0.1) is 0 Å². The molecule has 0 aromatic heterocycles. The first-order valence-electron chi connectivity index (χ1n) is 18.1. The Kier molecular flexibility index (Phi) is 6.35. The van der Waals surface area contributed by atoms with E-state index in [4.69, 9.17) is 0 Å². The third kappa shape index (κ3) is 4.28. The highest BCUT2D eigenvalue weighted by Crippen LogP contribution is 2.46. The summed E-state index contributed by atoms with van der Waals surface area (Å²) < 4.78 is 0. The minimum Gasteiger partial charge on any atom is -0.0616 e. The van der Waals surface area contributed by atoms with Crippen LogP contribution in [0.25, 0.3) is 109 Å². The average molecular weight is 657 g/mol. The molecule has 52 heavy (non-hydrogen) atoms. The SMILES string of the molecule is c1ccc2cc(-c3c4ccccc4c(-c4ccc(-c5cc6c7ccccc7c7ccccc7c6c6ccccc56)cc4)c4ccccc34)ccc2c1. The van der Waals surface area contributed by atoms with Crippen LogP contribution in [0, 0.1) is 0 Å². The van der Waals surface area contributed by atoms with Crippen LogP contribution in [-0.2, 0) is 0 Å². The highest BCUT2D eigenvalue weighted by atomic mass is 14.2. The van der Waals surface area contributed by atoms with Gasteiger partial charge in [-0.3, -0.25) is 0 Å². The predicted octanol–water partition coefficient (Wildman–Crippen LogP) is 14.8. The maximum absolute atomic E-state index is 2.44. The molecule has 11 rings (SSSR count). The molecule has 0 aliphatic rings. The molecule has 0 heteroatoms. The van der Waals surface area contributed by atoms with Crippen LogP contribution in [0.3, 0.4) is 0 Å². The summed E-state index contributed by atoms with van der Waals surface area (Å²) in [6.45, 7) is 0. The van der Waals surface area contributed by atoms with Crippen molar-refractivity contribution in [1.29, 1.82) is 0 Å². The van der Waals surface area contributed by atoms with Gasteiger partial charge in [-0.05, 0) is 121 Å². The Bertz CT molecular complexity index is 3160. The smallest absolute Gasteiger partial charge is 0.00199 e. The van der Waals surface area contributed by atoms with Crippen molar-refractivity contribution in [2.45, 2.75) is 0 Å². The van der Waals surface area contributed by atoms with E-state index in [0.717, 1.165) is 0 Å². The topological polar surface area (TPSA) is 0 Å². The van der Waals surface area contributed by atoms with Gasteiger partial charge in [0, 0.05) is 0 Å². The summed E-state index contributed by atoms with van der Waals surface area (Å²) in [5.41, 5.74) is 7.53. The van der Waals surface area contributed by atoms with E-state index in [1.54, 1.807) is 0 Å². The third-order valence-electron chi connectivity index (χ3n) is 11.2. The molecule has 0 atom stereocenters. The second-order valence-corrected chi connectivity index (χ2v) is 14.0. The highest BCUT2D eigenvalue weighted by molar-refractivity contribution is 6.33. The first kappa shape index (κ1) is 29.0. The zero-order valence-electron chi connectivity index (χ0n) is 28.5. The Morgan fingerprint density at radius 3 is 1.19 bits per heavy atom. The summed E-state index contributed by atoms with van der Waals surface area (Å²) in [4.78, 5) is 0. The fourth-order valence-corrected chi connectivity index (χ4v) is 8.92. The van der Waals surface area contributed by atoms with E-state index in [2.05, 4.69) is 194 Å². The van der Waals surface area contributed by atoms with Crippen molar-refractivity contribution in [3.63, 3.8) is 0 Å². The van der Waals surface area contributed by atoms with Gasteiger partial charge in [0.1, 0.15) is 0 Å². The van der Waals surface area contributed by atoms with Gasteiger partial charge in [0.15, 0.2) is 0 Å². The summed E-state index contributed by atoms with van der Waals surface area (Å²) in [6, 6.07) is 71.8. The Labute approximate surface area is 301 Å². The van der Waals surface area contributed by atoms with E-state index in [0.29, 0.717) is 0 Å². The quantitative estimate of drug-likeness (QED) is 0.131. The average Bonchev–Trinajstić information content (AvgIpc) is 3.22. The molecule has 11 aromatic carbocycles. The molecule has 0 saturated heterocycles. The number of fused-ring (bicyclic) bond motifs is 11. The van der Waals surface area contributed by atoms with E-state index in [9.17, 15) is 0 Å². The molecule has 0 aliphatic carbocycles. The molecule has 11 aromatic rings. The van der Waals surface area contributed by atoms with Crippen LogP contribution in [-0.4, -0.2) is 0 Å². The molecule has 0 aliphatic heterocycles. The minimum atomic E-state index is 1.22. The zero-order chi connectivity index (χ0) is 34.2. The lowest BCUT2D eigenvalue weighted by molar-refractivity contribution is 1.64. The van der Waals surface area contributed by atoms with Crippen molar-refractivity contribution < 1.29 is 0 Å². The number of hydrogen-bond donors (Lipinski definition) is 0. The minimum absolute atomic E-state index is 1.22. The van der Waals surface area contributed by atoms with Crippen LogP contribution in [0.1, 0.15) is 0 Å². The molecule has 0 amide bonds. The predicted molar refractivity (Wildman–Crippen MR) is 225 cm³/mol. The van der Waals surface area contributed by atoms with Crippen LogP contribution in [0.4, 0.5) is 0 Å². The van der Waals surface area contributed by atoms with Crippen LogP contribution in [0.2, 0.25) is 0 Å². The lowest BCUT2D eigenvalue weighted by Gasteiger charge is -2.19. The maximum atomic E-state index is 2.44. The van der Waals surface area contributed by atoms with Crippen molar-refractivity contribution in [3.8, 4) is 33.4 Å². The van der Waals surface area contributed by atoms with E-state index >= 15 is 0 Å². The molecule has 0 bridgehead atoms. The Morgan fingerprint density at radius 2 is 0.596 bits per heavy atom. The van der Waals surface area contributed by atoms with Crippen LogP contribution >= 0.6 is 0 Å². The Balaban J connectivity index is 1.14. The molecule has 0 saturated carbocycles. The van der Waals surface area contributed by atoms with E-state index in [1.165, 1.54) is 109 Å². The highest BCUT2D eigenvalue weighted by Gasteiger charge is 2.18. The molecule has 0 heterocycles. The van der Waals surface area contributed by atoms with Gasteiger partial charge >= 0.3 is 0 Å². The first-order valence-corrected chi connectivity index (χ1v) is 18.1.